The Bertz CT molecular complexity index is 998. The zero-order valence-electron chi connectivity index (χ0n) is 14.5. The number of allylic oxidation sites excluding steroid dienone is 1. The van der Waals surface area contributed by atoms with Crippen molar-refractivity contribution in [3.8, 4) is 5.75 Å². The van der Waals surface area contributed by atoms with E-state index in [1.165, 1.54) is 6.08 Å². The summed E-state index contributed by atoms with van der Waals surface area (Å²) in [7, 11) is 1.79. The first-order chi connectivity index (χ1) is 12.8. The second-order valence-electron chi connectivity index (χ2n) is 5.76. The van der Waals surface area contributed by atoms with Crippen molar-refractivity contribution in [2.75, 3.05) is 0 Å². The third-order valence-electron chi connectivity index (χ3n) is 3.90. The quantitative estimate of drug-likeness (QED) is 0.372. The largest absolute Gasteiger partial charge is 0.483 e. The van der Waals surface area contributed by atoms with Gasteiger partial charge in [-0.1, -0.05) is 34.8 Å². The molecule has 0 unspecified atom stereocenters. The predicted molar refractivity (Wildman–Crippen MR) is 106 cm³/mol. The SMILES string of the molecule is Cc1c(C(=O)/C=C/c2ccc(COc3c(Cl)cc(Cl)cc3Cl)o2)cnn1C. The number of nitrogens with zero attached hydrogens (tertiary/aromatic N) is 2. The molecule has 0 saturated carbocycles. The van der Waals surface area contributed by atoms with Crippen molar-refractivity contribution in [2.24, 2.45) is 7.05 Å². The maximum absolute atomic E-state index is 12.2. The van der Waals surface area contributed by atoms with Gasteiger partial charge in [0.05, 0.1) is 21.8 Å². The van der Waals surface area contributed by atoms with Crippen LogP contribution in [0.2, 0.25) is 15.1 Å². The van der Waals surface area contributed by atoms with Crippen LogP contribution >= 0.6 is 34.8 Å². The Morgan fingerprint density at radius 1 is 1.26 bits per heavy atom. The van der Waals surface area contributed by atoms with Crippen LogP contribution < -0.4 is 4.74 Å². The number of aromatic nitrogens is 2. The fraction of sp³-hybridized carbons (Fsp3) is 0.158. The van der Waals surface area contributed by atoms with Gasteiger partial charge in [-0.2, -0.15) is 5.10 Å². The molecule has 0 fully saturated rings. The number of ether oxygens (including phenoxy) is 1. The van der Waals surface area contributed by atoms with Gasteiger partial charge < -0.3 is 9.15 Å². The maximum atomic E-state index is 12.2. The number of hydrogen-bond donors (Lipinski definition) is 0. The van der Waals surface area contributed by atoms with Crippen molar-refractivity contribution in [3.63, 3.8) is 0 Å². The number of carbonyl (C=O) groups excluding carboxylic acids is 1. The number of halogens is 3. The Balaban J connectivity index is 1.65. The van der Waals surface area contributed by atoms with Gasteiger partial charge in [0.15, 0.2) is 11.5 Å². The molecule has 3 rings (SSSR count). The summed E-state index contributed by atoms with van der Waals surface area (Å²) in [5.41, 5.74) is 1.35. The molecule has 3 aromatic rings. The predicted octanol–water partition coefficient (Wildman–Crippen LogP) is 5.76. The molecule has 0 aliphatic heterocycles. The van der Waals surface area contributed by atoms with Crippen molar-refractivity contribution < 1.29 is 13.9 Å². The number of benzene rings is 1. The minimum atomic E-state index is -0.144. The number of furan rings is 1. The van der Waals surface area contributed by atoms with Crippen molar-refractivity contribution in [1.29, 1.82) is 0 Å². The smallest absolute Gasteiger partial charge is 0.189 e. The number of ketones is 1. The number of rotatable bonds is 6. The second kappa shape index (κ2) is 8.21. The van der Waals surface area contributed by atoms with Crippen LogP contribution in [0.4, 0.5) is 0 Å². The van der Waals surface area contributed by atoms with E-state index >= 15 is 0 Å². The molecule has 2 heterocycles. The Morgan fingerprint density at radius 3 is 2.59 bits per heavy atom. The van der Waals surface area contributed by atoms with Gasteiger partial charge in [-0.3, -0.25) is 9.48 Å². The molecule has 2 aromatic heterocycles. The van der Waals surface area contributed by atoms with E-state index in [4.69, 9.17) is 44.0 Å². The van der Waals surface area contributed by atoms with Crippen LogP contribution in [0.5, 0.6) is 5.75 Å². The van der Waals surface area contributed by atoms with E-state index < -0.39 is 0 Å². The standard InChI is InChI=1S/C19H15Cl3N2O3/c1-11-15(9-23-24(11)2)18(25)6-5-13-3-4-14(27-13)10-26-19-16(21)7-12(20)8-17(19)22/h3-9H,10H2,1-2H3/b6-5+. The average molecular weight is 426 g/mol. The van der Waals surface area contributed by atoms with E-state index in [9.17, 15) is 4.79 Å². The lowest BCUT2D eigenvalue weighted by atomic mass is 10.1. The van der Waals surface area contributed by atoms with Crippen LogP contribution in [0, 0.1) is 6.92 Å². The molecule has 5 nitrogen and oxygen atoms in total. The number of carbonyl (C=O) groups is 1. The van der Waals surface area contributed by atoms with E-state index in [0.717, 1.165) is 5.69 Å². The zero-order chi connectivity index (χ0) is 19.6. The highest BCUT2D eigenvalue weighted by atomic mass is 35.5. The van der Waals surface area contributed by atoms with Gasteiger partial charge in [0.1, 0.15) is 18.1 Å². The molecule has 8 heteroatoms. The lowest BCUT2D eigenvalue weighted by molar-refractivity contribution is 0.104. The zero-order valence-corrected chi connectivity index (χ0v) is 16.8. The molecule has 0 amide bonds. The van der Waals surface area contributed by atoms with Gasteiger partial charge in [0, 0.05) is 17.8 Å². The van der Waals surface area contributed by atoms with Crippen LogP contribution in [0.1, 0.15) is 27.6 Å². The molecular formula is C19H15Cl3N2O3. The summed E-state index contributed by atoms with van der Waals surface area (Å²) in [4.78, 5) is 12.2. The number of aryl methyl sites for hydroxylation is 1. The summed E-state index contributed by atoms with van der Waals surface area (Å²) in [6, 6.07) is 6.58. The Labute approximate surface area is 171 Å². The first-order valence-corrected chi connectivity index (χ1v) is 9.05. The van der Waals surface area contributed by atoms with Crippen LogP contribution in [-0.2, 0) is 13.7 Å². The summed E-state index contributed by atoms with van der Waals surface area (Å²) in [5.74, 6) is 1.27. The Hall–Kier alpha value is -2.21. The molecule has 0 aliphatic rings. The summed E-state index contributed by atoms with van der Waals surface area (Å²) in [5, 5.41) is 5.12. The average Bonchev–Trinajstić information content (AvgIpc) is 3.19. The highest BCUT2D eigenvalue weighted by Gasteiger charge is 2.12. The van der Waals surface area contributed by atoms with E-state index in [1.807, 2.05) is 6.92 Å². The van der Waals surface area contributed by atoms with Gasteiger partial charge >= 0.3 is 0 Å². The highest BCUT2D eigenvalue weighted by molar-refractivity contribution is 6.40. The van der Waals surface area contributed by atoms with Crippen LogP contribution in [-0.4, -0.2) is 15.6 Å². The third-order valence-corrected chi connectivity index (χ3v) is 4.68. The summed E-state index contributed by atoms with van der Waals surface area (Å²) < 4.78 is 12.9. The van der Waals surface area contributed by atoms with Crippen molar-refractivity contribution >= 4 is 46.7 Å². The Kier molecular flexibility index (Phi) is 5.95. The van der Waals surface area contributed by atoms with Crippen LogP contribution in [0.25, 0.3) is 6.08 Å². The van der Waals surface area contributed by atoms with E-state index in [1.54, 1.807) is 48.3 Å². The monoisotopic (exact) mass is 424 g/mol. The lowest BCUT2D eigenvalue weighted by Crippen LogP contribution is -1.98. The van der Waals surface area contributed by atoms with Gasteiger partial charge in [-0.05, 0) is 43.3 Å². The molecule has 140 valence electrons. The van der Waals surface area contributed by atoms with E-state index in [0.29, 0.717) is 37.9 Å². The molecule has 1 aromatic carbocycles. The molecule has 0 aliphatic carbocycles. The molecule has 27 heavy (non-hydrogen) atoms. The molecule has 0 bridgehead atoms. The molecule has 0 atom stereocenters. The summed E-state index contributed by atoms with van der Waals surface area (Å²) in [6.07, 6.45) is 4.59. The third kappa shape index (κ3) is 4.56. The van der Waals surface area contributed by atoms with Gasteiger partial charge in [-0.15, -0.1) is 0 Å². The first-order valence-electron chi connectivity index (χ1n) is 7.92. The normalized spacial score (nSPS) is 11.3. The minimum absolute atomic E-state index is 0.130. The number of hydrogen-bond acceptors (Lipinski definition) is 4. The fourth-order valence-corrected chi connectivity index (χ4v) is 3.29. The van der Waals surface area contributed by atoms with Gasteiger partial charge in [0.2, 0.25) is 0 Å². The van der Waals surface area contributed by atoms with Crippen molar-refractivity contribution in [2.45, 2.75) is 13.5 Å². The van der Waals surface area contributed by atoms with Crippen LogP contribution in [0.3, 0.4) is 0 Å². The van der Waals surface area contributed by atoms with Gasteiger partial charge in [0.25, 0.3) is 0 Å². The highest BCUT2D eigenvalue weighted by Crippen LogP contribution is 2.36. The second-order valence-corrected chi connectivity index (χ2v) is 7.01. The van der Waals surface area contributed by atoms with Crippen molar-refractivity contribution in [1.82, 2.24) is 9.78 Å². The molecule has 0 N–H and O–H groups in total. The van der Waals surface area contributed by atoms with Crippen LogP contribution in [0.15, 0.2) is 41.0 Å². The molecule has 0 saturated heterocycles. The fourth-order valence-electron chi connectivity index (χ4n) is 2.36. The van der Waals surface area contributed by atoms with Gasteiger partial charge in [-0.25, -0.2) is 0 Å². The van der Waals surface area contributed by atoms with E-state index in [-0.39, 0.29) is 12.4 Å². The molecule has 0 radical (unpaired) electrons. The lowest BCUT2D eigenvalue weighted by Gasteiger charge is -2.08. The minimum Gasteiger partial charge on any atom is -0.483 e. The molecular weight excluding hydrogens is 411 g/mol. The van der Waals surface area contributed by atoms with Crippen molar-refractivity contribution in [3.05, 3.63) is 74.4 Å². The Morgan fingerprint density at radius 2 is 1.96 bits per heavy atom. The summed E-state index contributed by atoms with van der Waals surface area (Å²) >= 11 is 18.0. The maximum Gasteiger partial charge on any atom is 0.189 e. The van der Waals surface area contributed by atoms with E-state index in [2.05, 4.69) is 5.10 Å². The molecule has 0 spiro atoms. The first kappa shape index (κ1) is 19.5. The topological polar surface area (TPSA) is 57.3 Å². The summed E-state index contributed by atoms with van der Waals surface area (Å²) in [6.45, 7) is 1.97.